The Morgan fingerprint density at radius 2 is 1.60 bits per heavy atom. The molecule has 0 unspecified atom stereocenters. The number of hydrogen-bond acceptors (Lipinski definition) is 6. The first kappa shape index (κ1) is 25.7. The minimum atomic E-state index is -5.34. The normalized spacial score (nSPS) is 17.9. The van der Waals surface area contributed by atoms with Crippen LogP contribution in [0.25, 0.3) is 0 Å². The van der Waals surface area contributed by atoms with Gasteiger partial charge < -0.3 is 19.5 Å². The van der Waals surface area contributed by atoms with Gasteiger partial charge in [-0.05, 0) is 55.8 Å². The number of nitrogens with one attached hydrogen (secondary N) is 2. The molecule has 1 saturated heterocycles. The number of alkyl halides is 3. The molecular weight excluding hydrogens is 471 g/mol. The summed E-state index contributed by atoms with van der Waals surface area (Å²) < 4.78 is 58.1. The molecule has 1 aliphatic heterocycles. The maximum absolute atomic E-state index is 14.1. The van der Waals surface area contributed by atoms with E-state index in [1.54, 1.807) is 24.5 Å². The van der Waals surface area contributed by atoms with Crippen LogP contribution < -0.4 is 24.8 Å². The number of methoxy groups -OCH3 is 2. The Bertz CT molecular complexity index is 1100. The number of halogens is 3. The van der Waals surface area contributed by atoms with E-state index in [1.165, 1.54) is 56.7 Å². The van der Waals surface area contributed by atoms with Gasteiger partial charge in [0.1, 0.15) is 17.2 Å². The molecule has 0 aromatic heterocycles. The van der Waals surface area contributed by atoms with Crippen LogP contribution in [0.5, 0.6) is 17.2 Å². The third-order valence-corrected chi connectivity index (χ3v) is 5.07. The second kappa shape index (κ2) is 9.72. The number of urea groups is 1. The van der Waals surface area contributed by atoms with Crippen LogP contribution >= 0.6 is 0 Å². The van der Waals surface area contributed by atoms with E-state index in [9.17, 15) is 27.6 Å². The van der Waals surface area contributed by atoms with Crippen LogP contribution in [0.2, 0.25) is 0 Å². The highest BCUT2D eigenvalue weighted by Gasteiger charge is 2.68. The smallest absolute Gasteiger partial charge is 0.440 e. The lowest BCUT2D eigenvalue weighted by molar-refractivity contribution is -0.200. The summed E-state index contributed by atoms with van der Waals surface area (Å²) in [7, 11) is 2.75. The predicted molar refractivity (Wildman–Crippen MR) is 117 cm³/mol. The van der Waals surface area contributed by atoms with Crippen molar-refractivity contribution < 1.29 is 41.8 Å². The maximum atomic E-state index is 14.1. The van der Waals surface area contributed by atoms with E-state index in [0.717, 1.165) is 0 Å². The predicted octanol–water partition coefficient (Wildman–Crippen LogP) is 3.23. The van der Waals surface area contributed by atoms with E-state index in [2.05, 4.69) is 0 Å². The maximum Gasteiger partial charge on any atom is 0.440 e. The summed E-state index contributed by atoms with van der Waals surface area (Å²) in [5.41, 5.74) is -3.53. The topological polar surface area (TPSA) is 106 Å². The fraction of sp³-hybridized carbons (Fsp3) is 0.348. The highest BCUT2D eigenvalue weighted by Crippen LogP contribution is 2.35. The highest BCUT2D eigenvalue weighted by molar-refractivity contribution is 6.10. The van der Waals surface area contributed by atoms with Gasteiger partial charge in [-0.3, -0.25) is 19.8 Å². The van der Waals surface area contributed by atoms with Crippen molar-refractivity contribution in [2.24, 2.45) is 0 Å². The van der Waals surface area contributed by atoms with Crippen LogP contribution in [0.3, 0.4) is 0 Å². The van der Waals surface area contributed by atoms with Crippen molar-refractivity contribution in [3.8, 4) is 17.2 Å². The Balaban J connectivity index is 1.88. The van der Waals surface area contributed by atoms with Crippen molar-refractivity contribution in [3.05, 3.63) is 53.6 Å². The number of amides is 4. The molecule has 9 nitrogen and oxygen atoms in total. The summed E-state index contributed by atoms with van der Waals surface area (Å²) in [6.07, 6.45) is -5.48. The van der Waals surface area contributed by atoms with Crippen molar-refractivity contribution in [1.82, 2.24) is 15.5 Å². The van der Waals surface area contributed by atoms with Crippen LogP contribution in [0.15, 0.2) is 42.5 Å². The number of hydrogen-bond donors (Lipinski definition) is 2. The molecule has 1 fully saturated rings. The lowest BCUT2D eigenvalue weighted by Crippen LogP contribution is -2.69. The molecule has 3 rings (SSSR count). The van der Waals surface area contributed by atoms with E-state index >= 15 is 0 Å². The minimum Gasteiger partial charge on any atom is -0.497 e. The van der Waals surface area contributed by atoms with Gasteiger partial charge in [0.05, 0.1) is 26.9 Å². The van der Waals surface area contributed by atoms with Gasteiger partial charge in [-0.15, -0.1) is 0 Å². The molecule has 1 aliphatic rings. The van der Waals surface area contributed by atoms with E-state index in [4.69, 9.17) is 14.2 Å². The zero-order valence-corrected chi connectivity index (χ0v) is 19.4. The summed E-state index contributed by atoms with van der Waals surface area (Å²) in [5, 5.41) is 3.29. The quantitative estimate of drug-likeness (QED) is 0.545. The Labute approximate surface area is 199 Å². The van der Waals surface area contributed by atoms with Gasteiger partial charge in [-0.2, -0.15) is 13.2 Å². The zero-order chi connectivity index (χ0) is 26.0. The van der Waals surface area contributed by atoms with Gasteiger partial charge in [0.15, 0.2) is 0 Å². The highest BCUT2D eigenvalue weighted by atomic mass is 19.4. The van der Waals surface area contributed by atoms with E-state index in [-0.39, 0.29) is 17.2 Å². The van der Waals surface area contributed by atoms with Crippen LogP contribution in [0, 0.1) is 0 Å². The summed E-state index contributed by atoms with van der Waals surface area (Å²) >= 11 is 0. The van der Waals surface area contributed by atoms with Crippen molar-refractivity contribution in [1.29, 1.82) is 0 Å². The molecular formula is C23H24F3N3O6. The molecule has 12 heteroatoms. The minimum absolute atomic E-state index is 0.148. The van der Waals surface area contributed by atoms with Crippen molar-refractivity contribution >= 4 is 17.8 Å². The Kier molecular flexibility index (Phi) is 7.13. The van der Waals surface area contributed by atoms with Crippen LogP contribution in [-0.2, 0) is 11.3 Å². The molecule has 1 atom stereocenters. The number of benzene rings is 2. The summed E-state index contributed by atoms with van der Waals surface area (Å²) in [6, 6.07) is 8.39. The monoisotopic (exact) mass is 495 g/mol. The molecule has 2 aromatic rings. The fourth-order valence-electron chi connectivity index (χ4n) is 3.41. The molecule has 0 spiro atoms. The third kappa shape index (κ3) is 5.26. The SMILES string of the molecule is COc1cc(CN2C(=O)N[C@](NC(=O)c3ccc(OC(C)C)cc3)(C(F)(F)F)C2=O)cc(OC)c1. The molecule has 2 aromatic carbocycles. The molecule has 0 saturated carbocycles. The van der Waals surface area contributed by atoms with Crippen LogP contribution in [0.4, 0.5) is 18.0 Å². The molecule has 188 valence electrons. The Morgan fingerprint density at radius 1 is 1.03 bits per heavy atom. The fourth-order valence-corrected chi connectivity index (χ4v) is 3.41. The number of imide groups is 1. The number of rotatable bonds is 8. The molecule has 0 bridgehead atoms. The van der Waals surface area contributed by atoms with Gasteiger partial charge in [0.25, 0.3) is 17.5 Å². The van der Waals surface area contributed by atoms with Gasteiger partial charge in [-0.1, -0.05) is 0 Å². The summed E-state index contributed by atoms with van der Waals surface area (Å²) in [5.74, 6) is -1.85. The first-order valence-corrected chi connectivity index (χ1v) is 10.4. The largest absolute Gasteiger partial charge is 0.497 e. The van der Waals surface area contributed by atoms with E-state index in [0.29, 0.717) is 22.1 Å². The first-order chi connectivity index (χ1) is 16.4. The summed E-state index contributed by atoms with van der Waals surface area (Å²) in [4.78, 5) is 38.5. The lowest BCUT2D eigenvalue weighted by Gasteiger charge is -2.30. The second-order valence-corrected chi connectivity index (χ2v) is 7.94. The standard InChI is InChI=1S/C23H24F3N3O6/c1-13(2)35-16-7-5-15(6-8-16)19(30)27-22(23(24,25)26)20(31)29(21(32)28-22)12-14-9-17(33-3)11-18(10-14)34-4/h5-11,13H,12H2,1-4H3,(H,27,30)(H,28,32)/t22-/m0/s1. The van der Waals surface area contributed by atoms with Gasteiger partial charge in [-0.25, -0.2) is 4.79 Å². The lowest BCUT2D eigenvalue weighted by atomic mass is 10.1. The van der Waals surface area contributed by atoms with Crippen molar-refractivity contribution in [3.63, 3.8) is 0 Å². The third-order valence-electron chi connectivity index (χ3n) is 5.07. The number of carbonyl (C=O) groups is 3. The zero-order valence-electron chi connectivity index (χ0n) is 19.4. The average molecular weight is 495 g/mol. The molecule has 35 heavy (non-hydrogen) atoms. The summed E-state index contributed by atoms with van der Waals surface area (Å²) in [6.45, 7) is 3.05. The molecule has 0 aliphatic carbocycles. The Morgan fingerprint density at radius 3 is 2.09 bits per heavy atom. The molecule has 1 heterocycles. The van der Waals surface area contributed by atoms with E-state index < -0.39 is 36.2 Å². The van der Waals surface area contributed by atoms with Gasteiger partial charge in [0, 0.05) is 11.6 Å². The second-order valence-electron chi connectivity index (χ2n) is 7.94. The van der Waals surface area contributed by atoms with Gasteiger partial charge in [0.2, 0.25) is 0 Å². The van der Waals surface area contributed by atoms with E-state index in [1.807, 2.05) is 0 Å². The number of nitrogens with zero attached hydrogens (tertiary/aromatic N) is 1. The first-order valence-electron chi connectivity index (χ1n) is 10.4. The molecule has 0 radical (unpaired) electrons. The molecule has 2 N–H and O–H groups in total. The average Bonchev–Trinajstić information content (AvgIpc) is 3.03. The van der Waals surface area contributed by atoms with Crippen LogP contribution in [0.1, 0.15) is 29.8 Å². The van der Waals surface area contributed by atoms with Gasteiger partial charge >= 0.3 is 12.2 Å². The van der Waals surface area contributed by atoms with Crippen LogP contribution in [-0.4, -0.2) is 54.9 Å². The number of carbonyl (C=O) groups excluding carboxylic acids is 3. The van der Waals surface area contributed by atoms with Crippen molar-refractivity contribution in [2.45, 2.75) is 38.3 Å². The molecule has 4 amide bonds. The number of ether oxygens (including phenoxy) is 3. The Hall–Kier alpha value is -3.96. The van der Waals surface area contributed by atoms with Crippen molar-refractivity contribution in [2.75, 3.05) is 14.2 Å².